The van der Waals surface area contributed by atoms with E-state index < -0.39 is 21.8 Å². The minimum absolute atomic E-state index is 0.0938. The summed E-state index contributed by atoms with van der Waals surface area (Å²) in [5, 5.41) is 5.93. The van der Waals surface area contributed by atoms with Gasteiger partial charge in [-0.2, -0.15) is 4.31 Å². The van der Waals surface area contributed by atoms with Gasteiger partial charge < -0.3 is 16.4 Å². The van der Waals surface area contributed by atoms with E-state index in [4.69, 9.17) is 28.9 Å². The Hall–Kier alpha value is -2.92. The average molecular weight is 536 g/mol. The van der Waals surface area contributed by atoms with Crippen LogP contribution in [0.3, 0.4) is 0 Å². The summed E-state index contributed by atoms with van der Waals surface area (Å²) in [4.78, 5) is 29.9. The van der Waals surface area contributed by atoms with E-state index in [0.717, 1.165) is 0 Å². The van der Waals surface area contributed by atoms with Crippen LogP contribution in [0.2, 0.25) is 10.0 Å². The van der Waals surface area contributed by atoms with E-state index in [1.54, 1.807) is 36.4 Å². The lowest BCUT2D eigenvalue weighted by Crippen LogP contribution is -2.48. The van der Waals surface area contributed by atoms with Crippen molar-refractivity contribution in [1.82, 2.24) is 14.9 Å². The number of nitrogen functional groups attached to an aromatic ring is 1. The van der Waals surface area contributed by atoms with Gasteiger partial charge in [0.1, 0.15) is 5.71 Å². The number of piperidine rings is 1. The van der Waals surface area contributed by atoms with Crippen molar-refractivity contribution in [3.63, 3.8) is 0 Å². The van der Waals surface area contributed by atoms with Crippen molar-refractivity contribution < 1.29 is 18.0 Å². The molecule has 2 aliphatic heterocycles. The normalized spacial score (nSPS) is 17.0. The summed E-state index contributed by atoms with van der Waals surface area (Å²) >= 11 is 12.2. The number of nitrogens with zero attached hydrogens (tertiary/aromatic N) is 2. The first-order valence-electron chi connectivity index (χ1n) is 10.8. The van der Waals surface area contributed by atoms with Crippen LogP contribution in [-0.2, 0) is 14.8 Å². The molecular formula is C23H23Cl2N5O4S. The van der Waals surface area contributed by atoms with Crippen LogP contribution in [0, 0.1) is 0 Å². The third-order valence-corrected chi connectivity index (χ3v) is 8.26. The van der Waals surface area contributed by atoms with Gasteiger partial charge in [-0.3, -0.25) is 14.6 Å². The fourth-order valence-electron chi connectivity index (χ4n) is 3.93. The molecule has 2 aromatic rings. The van der Waals surface area contributed by atoms with Gasteiger partial charge in [0.05, 0.1) is 32.7 Å². The lowest BCUT2D eigenvalue weighted by Gasteiger charge is -2.31. The summed E-state index contributed by atoms with van der Waals surface area (Å²) in [5.74, 6) is -0.995. The fraction of sp³-hybridized carbons (Fsp3) is 0.261. The number of nitrogens with two attached hydrogens (primary N) is 1. The van der Waals surface area contributed by atoms with Crippen molar-refractivity contribution in [3.05, 3.63) is 69.8 Å². The summed E-state index contributed by atoms with van der Waals surface area (Å²) in [6.07, 6.45) is 2.49. The minimum Gasteiger partial charge on any atom is -0.399 e. The lowest BCUT2D eigenvalue weighted by atomic mass is 10.1. The van der Waals surface area contributed by atoms with Crippen molar-refractivity contribution in [2.75, 3.05) is 25.4 Å². The molecule has 0 radical (unpaired) electrons. The zero-order valence-corrected chi connectivity index (χ0v) is 20.8. The van der Waals surface area contributed by atoms with Crippen molar-refractivity contribution >= 4 is 56.4 Å². The maximum atomic E-state index is 12.9. The van der Waals surface area contributed by atoms with E-state index in [0.29, 0.717) is 18.5 Å². The summed E-state index contributed by atoms with van der Waals surface area (Å²) in [7, 11) is -3.67. The van der Waals surface area contributed by atoms with Gasteiger partial charge >= 0.3 is 0 Å². The number of carbonyl (C=O) groups excluding carboxylic acids is 2. The zero-order valence-electron chi connectivity index (χ0n) is 18.5. The Bertz CT molecular complexity index is 1310. The van der Waals surface area contributed by atoms with Crippen molar-refractivity contribution in [1.29, 1.82) is 0 Å². The number of anilines is 1. The molecule has 0 saturated carbocycles. The lowest BCUT2D eigenvalue weighted by molar-refractivity contribution is -0.115. The van der Waals surface area contributed by atoms with E-state index in [-0.39, 0.29) is 57.6 Å². The summed E-state index contributed by atoms with van der Waals surface area (Å²) < 4.78 is 27.2. The first-order valence-corrected chi connectivity index (χ1v) is 13.0. The molecule has 12 heteroatoms. The quantitative estimate of drug-likeness (QED) is 0.488. The largest absolute Gasteiger partial charge is 0.399 e. The Kier molecular flexibility index (Phi) is 7.46. The summed E-state index contributed by atoms with van der Waals surface area (Å²) in [6.45, 7) is 0.740. The highest BCUT2D eigenvalue weighted by Crippen LogP contribution is 2.25. The Balaban J connectivity index is 1.35. The number of benzene rings is 2. The van der Waals surface area contributed by atoms with Crippen LogP contribution in [0.25, 0.3) is 0 Å². The maximum absolute atomic E-state index is 12.9. The number of hydrogen-bond donors (Lipinski definition) is 3. The Morgan fingerprint density at radius 1 is 1.03 bits per heavy atom. The molecule has 0 unspecified atom stereocenters. The molecule has 35 heavy (non-hydrogen) atoms. The molecule has 2 amide bonds. The number of halogens is 2. The van der Waals surface area contributed by atoms with Crippen LogP contribution in [-0.4, -0.2) is 55.9 Å². The molecule has 184 valence electrons. The van der Waals surface area contributed by atoms with Crippen LogP contribution >= 0.6 is 23.2 Å². The molecular weight excluding hydrogens is 513 g/mol. The zero-order chi connectivity index (χ0) is 25.2. The van der Waals surface area contributed by atoms with E-state index in [1.165, 1.54) is 16.4 Å². The van der Waals surface area contributed by atoms with Gasteiger partial charge in [-0.05, 0) is 49.2 Å². The van der Waals surface area contributed by atoms with Gasteiger partial charge in [0.2, 0.25) is 10.0 Å². The second kappa shape index (κ2) is 10.4. The second-order valence-electron chi connectivity index (χ2n) is 8.08. The first kappa shape index (κ1) is 25.2. The highest BCUT2D eigenvalue weighted by molar-refractivity contribution is 7.89. The number of sulfonamides is 1. The van der Waals surface area contributed by atoms with E-state index in [1.807, 2.05) is 0 Å². The van der Waals surface area contributed by atoms with Gasteiger partial charge in [-0.15, -0.1) is 0 Å². The van der Waals surface area contributed by atoms with Gasteiger partial charge in [0.15, 0.2) is 0 Å². The number of nitrogens with one attached hydrogen (secondary N) is 2. The molecule has 0 atom stereocenters. The Labute approximate surface area is 213 Å². The standard InChI is InChI=1S/C23H23Cl2N5O4S/c24-17-5-2-6-18(25)20(17)22(31)29-19-7-10-27-21(19)23(32)28-15-8-11-30(12-9-15)35(33,34)16-4-1-3-14(26)13-16/h1-7,13,15H,8-12,26H2,(H,28,32)(H,29,31). The second-order valence-corrected chi connectivity index (χ2v) is 10.8. The third-order valence-electron chi connectivity index (χ3n) is 5.74. The van der Waals surface area contributed by atoms with Crippen LogP contribution in [0.5, 0.6) is 0 Å². The molecule has 1 fully saturated rings. The number of aliphatic imine (C=N–C) groups is 1. The fourth-order valence-corrected chi connectivity index (χ4v) is 6.03. The highest BCUT2D eigenvalue weighted by atomic mass is 35.5. The number of rotatable bonds is 6. The molecule has 2 aliphatic rings. The molecule has 0 aromatic heterocycles. The smallest absolute Gasteiger partial charge is 0.271 e. The number of hydrogen-bond acceptors (Lipinski definition) is 6. The molecule has 2 aromatic carbocycles. The summed E-state index contributed by atoms with van der Waals surface area (Å²) in [6, 6.07) is 10.6. The SMILES string of the molecule is Nc1cccc(S(=O)(=O)N2CCC(NC(=O)C3=NCC=C3NC(=O)c3c(Cl)cccc3Cl)CC2)c1. The summed E-state index contributed by atoms with van der Waals surface area (Å²) in [5.41, 5.74) is 6.57. The van der Waals surface area contributed by atoms with Gasteiger partial charge in [-0.1, -0.05) is 35.3 Å². The van der Waals surface area contributed by atoms with Crippen molar-refractivity contribution in [2.24, 2.45) is 4.99 Å². The average Bonchev–Trinajstić information content (AvgIpc) is 3.27. The van der Waals surface area contributed by atoms with Gasteiger partial charge in [-0.25, -0.2) is 8.42 Å². The van der Waals surface area contributed by atoms with E-state index in [9.17, 15) is 18.0 Å². The predicted molar refractivity (Wildman–Crippen MR) is 135 cm³/mol. The molecule has 9 nitrogen and oxygen atoms in total. The van der Waals surface area contributed by atoms with E-state index >= 15 is 0 Å². The number of amides is 2. The maximum Gasteiger partial charge on any atom is 0.271 e. The molecule has 0 aliphatic carbocycles. The van der Waals surface area contributed by atoms with Crippen LogP contribution in [0.4, 0.5) is 5.69 Å². The topological polar surface area (TPSA) is 134 Å². The Morgan fingerprint density at radius 2 is 1.69 bits per heavy atom. The van der Waals surface area contributed by atoms with E-state index in [2.05, 4.69) is 15.6 Å². The van der Waals surface area contributed by atoms with Crippen molar-refractivity contribution in [3.8, 4) is 0 Å². The molecule has 4 N–H and O–H groups in total. The minimum atomic E-state index is -3.67. The van der Waals surface area contributed by atoms with Crippen LogP contribution in [0.15, 0.2) is 64.1 Å². The molecule has 2 heterocycles. The molecule has 1 saturated heterocycles. The van der Waals surface area contributed by atoms with Gasteiger partial charge in [0.25, 0.3) is 11.8 Å². The Morgan fingerprint density at radius 3 is 2.34 bits per heavy atom. The third kappa shape index (κ3) is 5.51. The van der Waals surface area contributed by atoms with Crippen molar-refractivity contribution in [2.45, 2.75) is 23.8 Å². The highest BCUT2D eigenvalue weighted by Gasteiger charge is 2.31. The van der Waals surface area contributed by atoms with Crippen LogP contribution in [0.1, 0.15) is 23.2 Å². The predicted octanol–water partition coefficient (Wildman–Crippen LogP) is 2.61. The number of carbonyl (C=O) groups is 2. The molecule has 0 bridgehead atoms. The molecule has 4 rings (SSSR count). The first-order chi connectivity index (χ1) is 16.7. The monoisotopic (exact) mass is 535 g/mol. The van der Waals surface area contributed by atoms with Crippen LogP contribution < -0.4 is 16.4 Å². The molecule has 0 spiro atoms. The van der Waals surface area contributed by atoms with Gasteiger partial charge in [0, 0.05) is 24.8 Å².